The number of aryl methyl sites for hydroxylation is 2. The lowest BCUT2D eigenvalue weighted by Crippen LogP contribution is -2.18. The maximum absolute atomic E-state index is 12.0. The molecule has 2 N–H and O–H groups in total. The summed E-state index contributed by atoms with van der Waals surface area (Å²) in [5.74, 6) is 0.354. The Balaban J connectivity index is 1.57. The lowest BCUT2D eigenvalue weighted by molar-refractivity contribution is 0.0945. The normalized spacial score (nSPS) is 11.2. The van der Waals surface area contributed by atoms with Crippen LogP contribution in [0.3, 0.4) is 0 Å². The molecule has 3 aromatic rings. The average molecular weight is 378 g/mol. The Labute approximate surface area is 160 Å². The fraction of sp³-hybridized carbons (Fsp3) is 0.100. The molecule has 0 saturated heterocycles. The summed E-state index contributed by atoms with van der Waals surface area (Å²) in [5, 5.41) is 7.88. The van der Waals surface area contributed by atoms with Crippen LogP contribution in [0.5, 0.6) is 0 Å². The van der Waals surface area contributed by atoms with Gasteiger partial charge in [-0.2, -0.15) is 10.2 Å². The minimum atomic E-state index is -0.350. The van der Waals surface area contributed by atoms with Crippen LogP contribution in [-0.2, 0) is 0 Å². The number of carbonyl (C=O) groups is 2. The number of rotatable bonds is 6. The van der Waals surface area contributed by atoms with Gasteiger partial charge in [0.1, 0.15) is 11.5 Å². The maximum atomic E-state index is 12.0. The highest BCUT2D eigenvalue weighted by Crippen LogP contribution is 2.09. The monoisotopic (exact) mass is 378 g/mol. The van der Waals surface area contributed by atoms with Crippen LogP contribution in [0.15, 0.2) is 68.0 Å². The number of hydrogen-bond acceptors (Lipinski definition) is 6. The summed E-state index contributed by atoms with van der Waals surface area (Å²) in [6, 6.07) is 10.4. The van der Waals surface area contributed by atoms with E-state index < -0.39 is 0 Å². The highest BCUT2D eigenvalue weighted by Gasteiger charge is 2.10. The van der Waals surface area contributed by atoms with Gasteiger partial charge in [-0.05, 0) is 43.2 Å². The van der Waals surface area contributed by atoms with Crippen LogP contribution in [0.1, 0.15) is 43.4 Å². The van der Waals surface area contributed by atoms with Crippen LogP contribution in [0.2, 0.25) is 0 Å². The molecule has 0 fully saturated rings. The third-order valence-electron chi connectivity index (χ3n) is 3.88. The molecule has 142 valence electrons. The largest absolute Gasteiger partial charge is 0.469 e. The Morgan fingerprint density at radius 2 is 1.29 bits per heavy atom. The molecule has 0 atom stereocenters. The molecule has 0 unspecified atom stereocenters. The minimum Gasteiger partial charge on any atom is -0.469 e. The second kappa shape index (κ2) is 8.63. The summed E-state index contributed by atoms with van der Waals surface area (Å²) in [5.41, 5.74) is 7.26. The van der Waals surface area contributed by atoms with Crippen LogP contribution in [0, 0.1) is 13.8 Å². The number of carbonyl (C=O) groups excluding carboxylic acids is 2. The van der Waals surface area contributed by atoms with Crippen molar-refractivity contribution in [3.05, 3.63) is 82.7 Å². The molecule has 0 saturated carbocycles. The zero-order valence-electron chi connectivity index (χ0n) is 15.3. The predicted octanol–water partition coefficient (Wildman–Crippen LogP) is 3.02. The van der Waals surface area contributed by atoms with E-state index in [9.17, 15) is 9.59 Å². The Morgan fingerprint density at radius 3 is 1.68 bits per heavy atom. The van der Waals surface area contributed by atoms with Crippen LogP contribution in [0.25, 0.3) is 0 Å². The third-order valence-corrected chi connectivity index (χ3v) is 3.88. The molecule has 1 aromatic carbocycles. The second-order valence-corrected chi connectivity index (χ2v) is 5.85. The van der Waals surface area contributed by atoms with Gasteiger partial charge < -0.3 is 8.83 Å². The molecule has 2 heterocycles. The van der Waals surface area contributed by atoms with Gasteiger partial charge in [0.05, 0.1) is 36.1 Å². The summed E-state index contributed by atoms with van der Waals surface area (Å²) in [6.07, 6.45) is 5.92. The summed E-state index contributed by atoms with van der Waals surface area (Å²) >= 11 is 0. The molecular weight excluding hydrogens is 360 g/mol. The van der Waals surface area contributed by atoms with Crippen LogP contribution in [0.4, 0.5) is 0 Å². The van der Waals surface area contributed by atoms with Crippen molar-refractivity contribution in [1.29, 1.82) is 0 Å². The molecule has 8 nitrogen and oxygen atoms in total. The van der Waals surface area contributed by atoms with Gasteiger partial charge in [0, 0.05) is 0 Å². The first-order valence-electron chi connectivity index (χ1n) is 8.39. The molecule has 0 aliphatic heterocycles. The molecular formula is C20H18N4O4. The fourth-order valence-electron chi connectivity index (χ4n) is 2.41. The van der Waals surface area contributed by atoms with Crippen molar-refractivity contribution >= 4 is 24.2 Å². The molecule has 28 heavy (non-hydrogen) atoms. The van der Waals surface area contributed by atoms with E-state index in [0.717, 1.165) is 11.1 Å². The lowest BCUT2D eigenvalue weighted by atomic mass is 10.1. The van der Waals surface area contributed by atoms with Crippen molar-refractivity contribution < 1.29 is 18.4 Å². The highest BCUT2D eigenvalue weighted by molar-refractivity contribution is 5.96. The van der Waals surface area contributed by atoms with Crippen LogP contribution in [-0.4, -0.2) is 24.2 Å². The van der Waals surface area contributed by atoms with Crippen molar-refractivity contribution in [3.8, 4) is 0 Å². The number of nitrogens with one attached hydrogen (secondary N) is 2. The van der Waals surface area contributed by atoms with Gasteiger partial charge in [0.2, 0.25) is 0 Å². The quantitative estimate of drug-likeness (QED) is 0.507. The molecule has 2 amide bonds. The van der Waals surface area contributed by atoms with Crippen molar-refractivity contribution in [3.63, 3.8) is 0 Å². The van der Waals surface area contributed by atoms with Crippen molar-refractivity contribution in [2.75, 3.05) is 0 Å². The second-order valence-electron chi connectivity index (χ2n) is 5.85. The molecule has 0 aliphatic rings. The predicted molar refractivity (Wildman–Crippen MR) is 103 cm³/mol. The fourth-order valence-corrected chi connectivity index (χ4v) is 2.41. The Hall–Kier alpha value is -3.94. The number of nitrogens with zero attached hydrogens (tertiary/aromatic N) is 2. The third kappa shape index (κ3) is 4.61. The Kier molecular flexibility index (Phi) is 5.81. The van der Waals surface area contributed by atoms with Gasteiger partial charge in [-0.1, -0.05) is 18.2 Å². The smallest absolute Gasteiger partial charge is 0.274 e. The number of benzene rings is 1. The van der Waals surface area contributed by atoms with E-state index in [1.165, 1.54) is 25.0 Å². The summed E-state index contributed by atoms with van der Waals surface area (Å²) in [6.45, 7) is 3.40. The van der Waals surface area contributed by atoms with Gasteiger partial charge in [-0.15, -0.1) is 0 Å². The van der Waals surface area contributed by atoms with Gasteiger partial charge in [-0.3, -0.25) is 9.59 Å². The van der Waals surface area contributed by atoms with E-state index in [0.29, 0.717) is 22.6 Å². The van der Waals surface area contributed by atoms with Gasteiger partial charge in [0.15, 0.2) is 0 Å². The summed E-state index contributed by atoms with van der Waals surface area (Å²) in [4.78, 5) is 23.9. The SMILES string of the molecule is Cc1occc1C(=O)N/N=C\c1cccc(/C=N\NC(=O)c2ccoc2C)c1. The van der Waals surface area contributed by atoms with E-state index in [1.54, 1.807) is 32.0 Å². The van der Waals surface area contributed by atoms with Gasteiger partial charge in [0.25, 0.3) is 11.8 Å². The van der Waals surface area contributed by atoms with E-state index in [2.05, 4.69) is 21.1 Å². The first-order valence-corrected chi connectivity index (χ1v) is 8.39. The van der Waals surface area contributed by atoms with E-state index >= 15 is 0 Å². The highest BCUT2D eigenvalue weighted by atomic mass is 16.3. The summed E-state index contributed by atoms with van der Waals surface area (Å²) < 4.78 is 10.2. The van der Waals surface area contributed by atoms with Crippen LogP contribution >= 0.6 is 0 Å². The topological polar surface area (TPSA) is 109 Å². The van der Waals surface area contributed by atoms with Gasteiger partial charge in [-0.25, -0.2) is 10.9 Å². The summed E-state index contributed by atoms with van der Waals surface area (Å²) in [7, 11) is 0. The average Bonchev–Trinajstić information content (AvgIpc) is 3.30. The first-order chi connectivity index (χ1) is 13.5. The molecule has 2 aromatic heterocycles. The zero-order valence-corrected chi connectivity index (χ0v) is 15.3. The Morgan fingerprint density at radius 1 is 0.821 bits per heavy atom. The number of furan rings is 2. The first kappa shape index (κ1) is 18.8. The van der Waals surface area contributed by atoms with Crippen molar-refractivity contribution in [2.24, 2.45) is 10.2 Å². The number of amides is 2. The van der Waals surface area contributed by atoms with E-state index in [1.807, 2.05) is 18.2 Å². The standard InChI is InChI=1S/C20H18N4O4/c1-13-17(6-8-27-13)19(25)23-21-11-15-4-3-5-16(10-15)12-22-24-20(26)18-7-9-28-14(18)2/h3-12H,1-2H3,(H,23,25)(H,24,26)/b21-11-,22-12-. The minimum absolute atomic E-state index is 0.350. The van der Waals surface area contributed by atoms with E-state index in [4.69, 9.17) is 8.83 Å². The molecule has 8 heteroatoms. The number of hydrogen-bond donors (Lipinski definition) is 2. The lowest BCUT2D eigenvalue weighted by Gasteiger charge is -1.99. The molecule has 0 aliphatic carbocycles. The van der Waals surface area contributed by atoms with E-state index in [-0.39, 0.29) is 11.8 Å². The zero-order chi connectivity index (χ0) is 19.9. The van der Waals surface area contributed by atoms with Crippen molar-refractivity contribution in [2.45, 2.75) is 13.8 Å². The molecule has 0 bridgehead atoms. The van der Waals surface area contributed by atoms with Gasteiger partial charge >= 0.3 is 0 Å². The molecule has 0 spiro atoms. The van der Waals surface area contributed by atoms with Crippen molar-refractivity contribution in [1.82, 2.24) is 10.9 Å². The maximum Gasteiger partial charge on any atom is 0.274 e. The van der Waals surface area contributed by atoms with Crippen LogP contribution < -0.4 is 10.9 Å². The molecule has 3 rings (SSSR count). The Bertz CT molecular complexity index is 966. The number of hydrazone groups is 2. The molecule has 0 radical (unpaired) electrons.